The Labute approximate surface area is 157 Å². The third kappa shape index (κ3) is 7.60. The maximum absolute atomic E-state index is 11.9. The van der Waals surface area contributed by atoms with Gasteiger partial charge in [-0.15, -0.1) is 0 Å². The van der Waals surface area contributed by atoms with E-state index in [1.165, 1.54) is 5.56 Å². The highest BCUT2D eigenvalue weighted by atomic mass is 16.5. The van der Waals surface area contributed by atoms with Crippen molar-refractivity contribution in [3.63, 3.8) is 0 Å². The Morgan fingerprint density at radius 3 is 2.26 bits per heavy atom. The summed E-state index contributed by atoms with van der Waals surface area (Å²) in [4.78, 5) is 34.2. The number of hydrogen-bond acceptors (Lipinski definition) is 4. The van der Waals surface area contributed by atoms with Crippen LogP contribution in [0.25, 0.3) is 0 Å². The van der Waals surface area contributed by atoms with Gasteiger partial charge in [-0.05, 0) is 43.2 Å². The Hall–Kier alpha value is -3.35. The molecule has 27 heavy (non-hydrogen) atoms. The second-order valence-corrected chi connectivity index (χ2v) is 6.02. The van der Waals surface area contributed by atoms with Crippen LogP contribution in [0.15, 0.2) is 48.5 Å². The van der Waals surface area contributed by atoms with E-state index in [1.54, 1.807) is 24.3 Å². The highest BCUT2D eigenvalue weighted by molar-refractivity contribution is 5.94. The Morgan fingerprint density at radius 2 is 1.63 bits per heavy atom. The maximum atomic E-state index is 11.9. The predicted octanol–water partition coefficient (Wildman–Crippen LogP) is 2.15. The average Bonchev–Trinajstić information content (AvgIpc) is 2.65. The Morgan fingerprint density at radius 1 is 0.963 bits per heavy atom. The predicted molar refractivity (Wildman–Crippen MR) is 101 cm³/mol. The molecule has 3 N–H and O–H groups in total. The first-order chi connectivity index (χ1) is 12.9. The molecule has 0 heterocycles. The monoisotopic (exact) mass is 370 g/mol. The number of anilines is 1. The summed E-state index contributed by atoms with van der Waals surface area (Å²) < 4.78 is 5.01. The van der Waals surface area contributed by atoms with E-state index in [-0.39, 0.29) is 18.4 Å². The van der Waals surface area contributed by atoms with E-state index in [4.69, 9.17) is 9.84 Å². The quantitative estimate of drug-likeness (QED) is 0.627. The topological polar surface area (TPSA) is 105 Å². The normalized spacial score (nSPS) is 10.1. The molecule has 0 aliphatic rings. The summed E-state index contributed by atoms with van der Waals surface area (Å²) in [5.41, 5.74) is 2.77. The van der Waals surface area contributed by atoms with Crippen molar-refractivity contribution >= 4 is 23.5 Å². The van der Waals surface area contributed by atoms with E-state index in [9.17, 15) is 14.4 Å². The van der Waals surface area contributed by atoms with Crippen LogP contribution in [0, 0.1) is 6.92 Å². The number of amides is 2. The summed E-state index contributed by atoms with van der Waals surface area (Å²) in [6.45, 7) is 1.45. The number of carboxylic acids is 1. The Balaban J connectivity index is 1.69. The number of carbonyl (C=O) groups excluding carboxylic acids is 2. The van der Waals surface area contributed by atoms with Gasteiger partial charge in [0.2, 0.25) is 11.8 Å². The molecule has 7 nitrogen and oxygen atoms in total. The molecule has 142 valence electrons. The van der Waals surface area contributed by atoms with Crippen molar-refractivity contribution in [2.24, 2.45) is 0 Å². The van der Waals surface area contributed by atoms with Crippen molar-refractivity contribution in [2.45, 2.75) is 19.8 Å². The van der Waals surface area contributed by atoms with Gasteiger partial charge in [-0.3, -0.25) is 9.59 Å². The van der Waals surface area contributed by atoms with Crippen LogP contribution in [-0.4, -0.2) is 36.0 Å². The van der Waals surface area contributed by atoms with Gasteiger partial charge in [0.05, 0.1) is 6.54 Å². The number of hydrogen-bond donors (Lipinski definition) is 3. The van der Waals surface area contributed by atoms with Crippen LogP contribution in [0.2, 0.25) is 0 Å². The number of ether oxygens (including phenoxy) is 1. The summed E-state index contributed by atoms with van der Waals surface area (Å²) in [6.07, 6.45) is 0.928. The third-order valence-electron chi connectivity index (χ3n) is 3.71. The zero-order chi connectivity index (χ0) is 19.6. The molecule has 0 spiro atoms. The molecule has 0 unspecified atom stereocenters. The lowest BCUT2D eigenvalue weighted by molar-refractivity contribution is -0.139. The van der Waals surface area contributed by atoms with E-state index in [1.807, 2.05) is 31.2 Å². The zero-order valence-electron chi connectivity index (χ0n) is 15.0. The van der Waals surface area contributed by atoms with E-state index >= 15 is 0 Å². The van der Waals surface area contributed by atoms with Crippen molar-refractivity contribution in [1.82, 2.24) is 5.32 Å². The standard InChI is InChI=1S/C20H22N2O5/c1-14-2-4-15(5-3-14)6-11-18(23)21-12-19(24)22-16-7-9-17(10-8-16)27-13-20(25)26/h2-5,7-10H,6,11-13H2,1H3,(H,21,23)(H,22,24)(H,25,26). The SMILES string of the molecule is Cc1ccc(CCC(=O)NCC(=O)Nc2ccc(OCC(=O)O)cc2)cc1. The molecule has 0 aromatic heterocycles. The first-order valence-corrected chi connectivity index (χ1v) is 8.49. The molecule has 0 aliphatic carbocycles. The molecular weight excluding hydrogens is 348 g/mol. The van der Waals surface area contributed by atoms with Crippen molar-refractivity contribution in [1.29, 1.82) is 0 Å². The van der Waals surface area contributed by atoms with Gasteiger partial charge in [0.25, 0.3) is 0 Å². The minimum atomic E-state index is -1.06. The van der Waals surface area contributed by atoms with Crippen LogP contribution >= 0.6 is 0 Å². The van der Waals surface area contributed by atoms with Gasteiger partial charge in [-0.1, -0.05) is 29.8 Å². The third-order valence-corrected chi connectivity index (χ3v) is 3.71. The number of nitrogens with one attached hydrogen (secondary N) is 2. The summed E-state index contributed by atoms with van der Waals surface area (Å²) in [7, 11) is 0. The molecule has 0 radical (unpaired) electrons. The number of carboxylic acid groups (broad SMARTS) is 1. The van der Waals surface area contributed by atoms with Crippen LogP contribution in [0.3, 0.4) is 0 Å². The van der Waals surface area contributed by atoms with Crippen LogP contribution in [0.5, 0.6) is 5.75 Å². The van der Waals surface area contributed by atoms with Gasteiger partial charge >= 0.3 is 5.97 Å². The highest BCUT2D eigenvalue weighted by Crippen LogP contribution is 2.15. The Bertz CT molecular complexity index is 785. The van der Waals surface area contributed by atoms with Crippen molar-refractivity contribution in [2.75, 3.05) is 18.5 Å². The number of rotatable bonds is 9. The molecule has 2 rings (SSSR count). The number of aliphatic carboxylic acids is 1. The molecular formula is C20H22N2O5. The van der Waals surface area contributed by atoms with Crippen LogP contribution in [-0.2, 0) is 20.8 Å². The number of carbonyl (C=O) groups is 3. The van der Waals surface area contributed by atoms with E-state index in [2.05, 4.69) is 10.6 Å². The molecule has 0 saturated carbocycles. The molecule has 0 bridgehead atoms. The lowest BCUT2D eigenvalue weighted by Gasteiger charge is -2.08. The second-order valence-electron chi connectivity index (χ2n) is 6.02. The summed E-state index contributed by atoms with van der Waals surface area (Å²) in [6, 6.07) is 14.3. The summed E-state index contributed by atoms with van der Waals surface area (Å²) in [5.74, 6) is -1.22. The first-order valence-electron chi connectivity index (χ1n) is 8.49. The fraction of sp³-hybridized carbons (Fsp3) is 0.250. The highest BCUT2D eigenvalue weighted by Gasteiger charge is 2.07. The van der Waals surface area contributed by atoms with Gasteiger partial charge < -0.3 is 20.5 Å². The lowest BCUT2D eigenvalue weighted by Crippen LogP contribution is -2.32. The molecule has 0 atom stereocenters. The largest absolute Gasteiger partial charge is 0.482 e. The molecule has 2 amide bonds. The van der Waals surface area contributed by atoms with Crippen molar-refractivity contribution in [3.8, 4) is 5.75 Å². The van der Waals surface area contributed by atoms with E-state index in [0.717, 1.165) is 5.56 Å². The average molecular weight is 370 g/mol. The van der Waals surface area contributed by atoms with Gasteiger partial charge in [-0.2, -0.15) is 0 Å². The van der Waals surface area contributed by atoms with Crippen LogP contribution < -0.4 is 15.4 Å². The Kier molecular flexibility index (Phi) is 7.37. The van der Waals surface area contributed by atoms with Gasteiger partial charge in [0.15, 0.2) is 6.61 Å². The summed E-state index contributed by atoms with van der Waals surface area (Å²) >= 11 is 0. The molecule has 2 aromatic carbocycles. The number of aryl methyl sites for hydroxylation is 2. The minimum Gasteiger partial charge on any atom is -0.482 e. The first kappa shape index (κ1) is 20.0. The maximum Gasteiger partial charge on any atom is 0.341 e. The molecule has 0 aliphatic heterocycles. The molecule has 7 heteroatoms. The lowest BCUT2D eigenvalue weighted by atomic mass is 10.1. The van der Waals surface area contributed by atoms with E-state index < -0.39 is 12.6 Å². The molecule has 0 fully saturated rings. The second kappa shape index (κ2) is 9.96. The zero-order valence-corrected chi connectivity index (χ0v) is 15.0. The number of benzene rings is 2. The van der Waals surface area contributed by atoms with Crippen LogP contribution in [0.4, 0.5) is 5.69 Å². The fourth-order valence-electron chi connectivity index (χ4n) is 2.26. The minimum absolute atomic E-state index is 0.121. The van der Waals surface area contributed by atoms with Crippen LogP contribution in [0.1, 0.15) is 17.5 Å². The van der Waals surface area contributed by atoms with Crippen molar-refractivity contribution in [3.05, 3.63) is 59.7 Å². The molecule has 2 aromatic rings. The van der Waals surface area contributed by atoms with Gasteiger partial charge in [0.1, 0.15) is 5.75 Å². The summed E-state index contributed by atoms with van der Waals surface area (Å²) in [5, 5.41) is 13.8. The van der Waals surface area contributed by atoms with Gasteiger partial charge in [0, 0.05) is 12.1 Å². The molecule has 0 saturated heterocycles. The van der Waals surface area contributed by atoms with Crippen molar-refractivity contribution < 1.29 is 24.2 Å². The van der Waals surface area contributed by atoms with E-state index in [0.29, 0.717) is 24.3 Å². The van der Waals surface area contributed by atoms with Gasteiger partial charge in [-0.25, -0.2) is 4.79 Å². The fourth-order valence-corrected chi connectivity index (χ4v) is 2.26. The smallest absolute Gasteiger partial charge is 0.341 e.